The van der Waals surface area contributed by atoms with Crippen molar-refractivity contribution in [2.75, 3.05) is 0 Å². The molecule has 0 aromatic heterocycles. The van der Waals surface area contributed by atoms with Crippen molar-refractivity contribution in [2.45, 2.75) is 93.3 Å². The number of hydrogen-bond acceptors (Lipinski definition) is 0. The molecule has 0 bridgehead atoms. The first-order chi connectivity index (χ1) is 18.6. The predicted molar refractivity (Wildman–Crippen MR) is 94.0 cm³/mol. The topological polar surface area (TPSA) is 85.5 Å². The second-order valence-corrected chi connectivity index (χ2v) is 10.9. The molecular formula is C16H8F26O3Sn2. The average molecular weight is 980 g/mol. The maximum atomic E-state index is 12.9. The summed E-state index contributed by atoms with van der Waals surface area (Å²) in [6.45, 7) is 0. The summed E-state index contributed by atoms with van der Waals surface area (Å²) in [6.07, 6.45) is -18.9. The van der Waals surface area contributed by atoms with Crippen LogP contribution in [0.3, 0.4) is 0 Å². The maximum absolute atomic E-state index is 12.9. The van der Waals surface area contributed by atoms with Crippen LogP contribution < -0.4 is 0 Å². The molecule has 0 unspecified atom stereocenters. The minimum Gasteiger partial charge on any atom is -2.00 e. The minimum absolute atomic E-state index is 0. The summed E-state index contributed by atoms with van der Waals surface area (Å²) in [6, 6.07) is 0. The Bertz CT molecular complexity index is 883. The Kier molecular flexibility index (Phi) is 19.0. The Labute approximate surface area is 268 Å². The number of hydrogen-bond donors (Lipinski definition) is 0. The van der Waals surface area contributed by atoms with Crippen LogP contribution >= 0.6 is 0 Å². The molecule has 0 aromatic rings. The average Bonchev–Trinajstić information content (AvgIpc) is 2.76. The van der Waals surface area contributed by atoms with E-state index in [1.807, 2.05) is 0 Å². The molecule has 0 aliphatic heterocycles. The molecule has 0 radical (unpaired) electrons. The summed E-state index contributed by atoms with van der Waals surface area (Å²) < 4.78 is 323. The number of halogens is 26. The van der Waals surface area contributed by atoms with E-state index in [9.17, 15) is 114 Å². The molecule has 0 rings (SSSR count). The smallest absolute Gasteiger partial charge is 2.00 e. The summed E-state index contributed by atoms with van der Waals surface area (Å²) in [5, 5.41) is 0. The molecule has 0 aliphatic carbocycles. The molecule has 47 heavy (non-hydrogen) atoms. The predicted octanol–water partition coefficient (Wildman–Crippen LogP) is 9.05. The van der Waals surface area contributed by atoms with E-state index in [0.29, 0.717) is 0 Å². The Morgan fingerprint density at radius 3 is 0.532 bits per heavy atom. The normalized spacial score (nSPS) is 15.1. The van der Waals surface area contributed by atoms with Crippen molar-refractivity contribution in [1.29, 1.82) is 0 Å². The van der Waals surface area contributed by atoms with Crippen LogP contribution in [0.1, 0.15) is 12.8 Å². The van der Waals surface area contributed by atoms with E-state index in [4.69, 9.17) is 0 Å². The Balaban J connectivity index is -0.000000235. The van der Waals surface area contributed by atoms with Crippen molar-refractivity contribution in [3.8, 4) is 0 Å². The van der Waals surface area contributed by atoms with Crippen LogP contribution in [0.25, 0.3) is 0 Å². The van der Waals surface area contributed by atoms with Gasteiger partial charge in [0.05, 0.1) is 0 Å². The Hall–Kier alpha value is -0.343. The summed E-state index contributed by atoms with van der Waals surface area (Å²) in [5.41, 5.74) is 0. The summed E-state index contributed by atoms with van der Waals surface area (Å²) >= 11 is 0.184. The third kappa shape index (κ3) is 9.12. The molecule has 0 heterocycles. The van der Waals surface area contributed by atoms with Gasteiger partial charge in [0.15, 0.2) is 0 Å². The van der Waals surface area contributed by atoms with Gasteiger partial charge in [-0.1, -0.05) is 0 Å². The number of alkyl halides is 26. The molecule has 0 saturated carbocycles. The zero-order valence-electron chi connectivity index (χ0n) is 20.9. The van der Waals surface area contributed by atoms with Gasteiger partial charge >= 0.3 is 252 Å². The van der Waals surface area contributed by atoms with Crippen molar-refractivity contribution in [3.05, 3.63) is 0 Å². The monoisotopic (exact) mass is 982 g/mol. The molecule has 3 nitrogen and oxygen atoms in total. The van der Waals surface area contributed by atoms with Crippen molar-refractivity contribution >= 4 is 45.0 Å². The van der Waals surface area contributed by atoms with Crippen molar-refractivity contribution < 1.29 is 131 Å². The van der Waals surface area contributed by atoms with Crippen LogP contribution in [0.4, 0.5) is 114 Å². The minimum atomic E-state index is -7.80. The van der Waals surface area contributed by atoms with Crippen LogP contribution in [0, 0.1) is 0 Å². The molecule has 31 heteroatoms. The molecule has 280 valence electrons. The van der Waals surface area contributed by atoms with E-state index in [-0.39, 0.29) is 61.5 Å². The van der Waals surface area contributed by atoms with Crippen LogP contribution in [0.2, 0.25) is 8.87 Å². The number of rotatable bonds is 12. The van der Waals surface area contributed by atoms with E-state index in [1.165, 1.54) is 0 Å². The SMILES string of the molecule is FC(F)(F)C(F)(F)C(F)(F)C(F)(F)C(F)(F)C(F)(F)C[CH2][Sn+3].FC(F)(F)C(F)(F)C(F)(F)C(F)(F)C(F)(F)C(F)(F)C[CH2][Sn+3].[O-2].[O-2].[O-2]. The fourth-order valence-electron chi connectivity index (χ4n) is 2.23. The molecule has 0 aromatic carbocycles. The first-order valence-corrected chi connectivity index (χ1v) is 13.9. The van der Waals surface area contributed by atoms with Gasteiger partial charge in [0, 0.05) is 0 Å². The van der Waals surface area contributed by atoms with E-state index in [2.05, 4.69) is 0 Å². The van der Waals surface area contributed by atoms with Crippen molar-refractivity contribution in [1.82, 2.24) is 0 Å². The van der Waals surface area contributed by atoms with Gasteiger partial charge in [0.1, 0.15) is 0 Å². The molecule has 0 N–H and O–H groups in total. The Morgan fingerprint density at radius 2 is 0.404 bits per heavy atom. The molecule has 0 saturated heterocycles. The van der Waals surface area contributed by atoms with E-state index >= 15 is 0 Å². The fourth-order valence-corrected chi connectivity index (χ4v) is 4.02. The summed E-state index contributed by atoms with van der Waals surface area (Å²) in [7, 11) is 0. The van der Waals surface area contributed by atoms with Gasteiger partial charge in [-0.05, 0) is 0 Å². The zero-order chi connectivity index (χ0) is 36.8. The molecule has 0 atom stereocenters. The largest absolute Gasteiger partial charge is 2.00 e. The third-order valence-electron chi connectivity index (χ3n) is 4.87. The first-order valence-electron chi connectivity index (χ1n) is 9.83. The zero-order valence-corrected chi connectivity index (χ0v) is 26.6. The first kappa shape index (κ1) is 56.0. The molecule has 0 aliphatic rings. The van der Waals surface area contributed by atoms with Gasteiger partial charge in [-0.2, -0.15) is 0 Å². The summed E-state index contributed by atoms with van der Waals surface area (Å²) in [4.78, 5) is 0. The third-order valence-corrected chi connectivity index (χ3v) is 6.30. The van der Waals surface area contributed by atoms with E-state index in [1.54, 1.807) is 0 Å². The van der Waals surface area contributed by atoms with Gasteiger partial charge in [-0.25, -0.2) is 0 Å². The van der Waals surface area contributed by atoms with Gasteiger partial charge in [0.25, 0.3) is 0 Å². The van der Waals surface area contributed by atoms with Crippen LogP contribution in [0.15, 0.2) is 0 Å². The van der Waals surface area contributed by atoms with Crippen LogP contribution in [-0.2, 0) is 16.4 Å². The Morgan fingerprint density at radius 1 is 0.255 bits per heavy atom. The van der Waals surface area contributed by atoms with E-state index in [0.717, 1.165) is 0 Å². The van der Waals surface area contributed by atoms with Crippen molar-refractivity contribution in [2.24, 2.45) is 0 Å². The second-order valence-electron chi connectivity index (χ2n) is 8.00. The maximum Gasteiger partial charge on any atom is -2.00 e. The van der Waals surface area contributed by atoms with E-state index < -0.39 is 93.3 Å². The quantitative estimate of drug-likeness (QED) is 0.138. The van der Waals surface area contributed by atoms with Gasteiger partial charge in [0.2, 0.25) is 0 Å². The van der Waals surface area contributed by atoms with Gasteiger partial charge < -0.3 is 16.4 Å². The fraction of sp³-hybridized carbons (Fsp3) is 1.00. The molecule has 0 spiro atoms. The van der Waals surface area contributed by atoms with Gasteiger partial charge in [-0.15, -0.1) is 0 Å². The molecular weight excluding hydrogens is 972 g/mol. The van der Waals surface area contributed by atoms with Crippen LogP contribution in [0.5, 0.6) is 0 Å². The second kappa shape index (κ2) is 15.9. The van der Waals surface area contributed by atoms with Gasteiger partial charge in [-0.3, -0.25) is 0 Å². The molecule has 0 fully saturated rings. The van der Waals surface area contributed by atoms with Crippen molar-refractivity contribution in [3.63, 3.8) is 0 Å². The summed E-state index contributed by atoms with van der Waals surface area (Å²) in [5.74, 6) is -72.3. The van der Waals surface area contributed by atoms with Crippen LogP contribution in [-0.4, -0.2) is 117 Å². The molecule has 0 amide bonds. The standard InChI is InChI=1S/2C8H4F13.3O.2Sn/c2*1-2-3(9,10)4(11,12)5(13,14)6(15,16)7(17,18)8(19,20)21;;;;;/h2*1-2H2;;;;;/q;;3*-2;2*+3.